The SMILES string of the molecule is CN(CC1CCCN1C)c1ccc(CO)cc1C#N. The van der Waals surface area contributed by atoms with Crippen LogP contribution in [0.5, 0.6) is 0 Å². The molecule has 1 atom stereocenters. The molecule has 102 valence electrons. The molecule has 0 bridgehead atoms. The van der Waals surface area contributed by atoms with Gasteiger partial charge in [-0.1, -0.05) is 6.07 Å². The molecule has 1 heterocycles. The Labute approximate surface area is 114 Å². The maximum atomic E-state index is 9.23. The molecule has 1 saturated heterocycles. The molecule has 19 heavy (non-hydrogen) atoms. The van der Waals surface area contributed by atoms with E-state index < -0.39 is 0 Å². The maximum Gasteiger partial charge on any atom is 0.101 e. The number of nitrogens with zero attached hydrogens (tertiary/aromatic N) is 3. The van der Waals surface area contributed by atoms with Gasteiger partial charge in [-0.15, -0.1) is 0 Å². The standard InChI is InChI=1S/C15H21N3O/c1-17-7-3-4-14(17)10-18(2)15-6-5-12(11-19)8-13(15)9-16/h5-6,8,14,19H,3-4,7,10-11H2,1-2H3. The van der Waals surface area contributed by atoms with Crippen LogP contribution >= 0.6 is 0 Å². The molecule has 2 rings (SSSR count). The molecule has 1 aliphatic rings. The molecular formula is C15H21N3O. The van der Waals surface area contributed by atoms with Crippen molar-refractivity contribution < 1.29 is 5.11 Å². The zero-order valence-corrected chi connectivity index (χ0v) is 11.6. The summed E-state index contributed by atoms with van der Waals surface area (Å²) in [4.78, 5) is 4.52. The molecule has 0 aliphatic carbocycles. The predicted octanol–water partition coefficient (Wildman–Crippen LogP) is 1.58. The molecule has 0 saturated carbocycles. The summed E-state index contributed by atoms with van der Waals surface area (Å²) in [6, 6.07) is 8.36. The highest BCUT2D eigenvalue weighted by atomic mass is 16.3. The molecule has 1 fully saturated rings. The number of aliphatic hydroxyl groups excluding tert-OH is 1. The largest absolute Gasteiger partial charge is 0.392 e. The lowest BCUT2D eigenvalue weighted by Crippen LogP contribution is -2.36. The second kappa shape index (κ2) is 6.05. The molecule has 4 nitrogen and oxygen atoms in total. The third kappa shape index (κ3) is 3.06. The van der Waals surface area contributed by atoms with Gasteiger partial charge in [0.15, 0.2) is 0 Å². The van der Waals surface area contributed by atoms with E-state index in [9.17, 15) is 5.26 Å². The van der Waals surface area contributed by atoms with Crippen molar-refractivity contribution >= 4 is 5.69 Å². The summed E-state index contributed by atoms with van der Waals surface area (Å²) >= 11 is 0. The average Bonchev–Trinajstić information content (AvgIpc) is 2.83. The van der Waals surface area contributed by atoms with E-state index in [4.69, 9.17) is 5.11 Å². The van der Waals surface area contributed by atoms with E-state index in [1.54, 1.807) is 6.07 Å². The van der Waals surface area contributed by atoms with Crippen LogP contribution in [0.25, 0.3) is 0 Å². The molecule has 0 radical (unpaired) electrons. The Balaban J connectivity index is 2.14. The van der Waals surface area contributed by atoms with E-state index in [1.165, 1.54) is 12.8 Å². The van der Waals surface area contributed by atoms with Crippen LogP contribution in [0, 0.1) is 11.3 Å². The van der Waals surface area contributed by atoms with Gasteiger partial charge < -0.3 is 14.9 Å². The van der Waals surface area contributed by atoms with Crippen molar-refractivity contribution in [2.75, 3.05) is 32.1 Å². The van der Waals surface area contributed by atoms with Crippen LogP contribution in [-0.2, 0) is 6.61 Å². The molecule has 1 unspecified atom stereocenters. The summed E-state index contributed by atoms with van der Waals surface area (Å²) in [5, 5.41) is 18.4. The van der Waals surface area contributed by atoms with Gasteiger partial charge >= 0.3 is 0 Å². The first-order chi connectivity index (χ1) is 9.15. The summed E-state index contributed by atoms with van der Waals surface area (Å²) in [5.41, 5.74) is 2.36. The van der Waals surface area contributed by atoms with Gasteiger partial charge in [-0.05, 0) is 44.1 Å². The van der Waals surface area contributed by atoms with Crippen molar-refractivity contribution in [1.82, 2.24) is 4.90 Å². The monoisotopic (exact) mass is 259 g/mol. The van der Waals surface area contributed by atoms with Crippen LogP contribution in [-0.4, -0.2) is 43.2 Å². The molecule has 1 N–H and O–H groups in total. The highest BCUT2D eigenvalue weighted by Crippen LogP contribution is 2.23. The topological polar surface area (TPSA) is 50.5 Å². The van der Waals surface area contributed by atoms with Crippen molar-refractivity contribution in [3.63, 3.8) is 0 Å². The van der Waals surface area contributed by atoms with Gasteiger partial charge in [-0.2, -0.15) is 5.26 Å². The zero-order valence-electron chi connectivity index (χ0n) is 11.6. The summed E-state index contributed by atoms with van der Waals surface area (Å²) in [6.07, 6.45) is 2.47. The molecule has 1 aromatic carbocycles. The van der Waals surface area contributed by atoms with Crippen LogP contribution in [0.2, 0.25) is 0 Å². The van der Waals surface area contributed by atoms with E-state index >= 15 is 0 Å². The minimum absolute atomic E-state index is 0.0238. The Morgan fingerprint density at radius 3 is 2.89 bits per heavy atom. The van der Waals surface area contributed by atoms with E-state index in [-0.39, 0.29) is 6.61 Å². The number of anilines is 1. The number of likely N-dealkylation sites (tertiary alicyclic amines) is 1. The predicted molar refractivity (Wildman–Crippen MR) is 76.0 cm³/mol. The highest BCUT2D eigenvalue weighted by Gasteiger charge is 2.22. The summed E-state index contributed by atoms with van der Waals surface area (Å²) in [7, 11) is 4.19. The zero-order chi connectivity index (χ0) is 13.8. The molecule has 4 heteroatoms. The Bertz CT molecular complexity index is 481. The second-order valence-corrected chi connectivity index (χ2v) is 5.28. The van der Waals surface area contributed by atoms with Crippen LogP contribution in [0.4, 0.5) is 5.69 Å². The van der Waals surface area contributed by atoms with Crippen LogP contribution < -0.4 is 4.90 Å². The number of nitriles is 1. The minimum atomic E-state index is -0.0238. The molecular weight excluding hydrogens is 238 g/mol. The van der Waals surface area contributed by atoms with Crippen molar-refractivity contribution in [3.05, 3.63) is 29.3 Å². The van der Waals surface area contributed by atoms with Gasteiger partial charge in [-0.3, -0.25) is 0 Å². The lowest BCUT2D eigenvalue weighted by atomic mass is 10.1. The van der Waals surface area contributed by atoms with Crippen molar-refractivity contribution in [3.8, 4) is 6.07 Å². The third-order valence-electron chi connectivity index (χ3n) is 3.93. The number of rotatable bonds is 4. The normalized spacial score (nSPS) is 19.4. The fourth-order valence-corrected chi connectivity index (χ4v) is 2.73. The van der Waals surface area contributed by atoms with Gasteiger partial charge in [-0.25, -0.2) is 0 Å². The smallest absolute Gasteiger partial charge is 0.101 e. The molecule has 0 amide bonds. The molecule has 0 spiro atoms. The van der Waals surface area contributed by atoms with Crippen LogP contribution in [0.15, 0.2) is 18.2 Å². The maximum absolute atomic E-state index is 9.23. The third-order valence-corrected chi connectivity index (χ3v) is 3.93. The van der Waals surface area contributed by atoms with Gasteiger partial charge in [0.05, 0.1) is 17.9 Å². The average molecular weight is 259 g/mol. The molecule has 1 aromatic rings. The number of aliphatic hydroxyl groups is 1. The van der Waals surface area contributed by atoms with Gasteiger partial charge in [0.2, 0.25) is 0 Å². The van der Waals surface area contributed by atoms with E-state index in [1.807, 2.05) is 19.2 Å². The first-order valence-electron chi connectivity index (χ1n) is 6.71. The second-order valence-electron chi connectivity index (χ2n) is 5.28. The Morgan fingerprint density at radius 2 is 2.32 bits per heavy atom. The number of hydrogen-bond donors (Lipinski definition) is 1. The van der Waals surface area contributed by atoms with E-state index in [2.05, 4.69) is 22.9 Å². The van der Waals surface area contributed by atoms with Crippen LogP contribution in [0.3, 0.4) is 0 Å². The fraction of sp³-hybridized carbons (Fsp3) is 0.533. The van der Waals surface area contributed by atoms with Crippen molar-refractivity contribution in [1.29, 1.82) is 5.26 Å². The Kier molecular flexibility index (Phi) is 4.41. The first kappa shape index (κ1) is 13.9. The van der Waals surface area contributed by atoms with Gasteiger partial charge in [0.1, 0.15) is 6.07 Å². The fourth-order valence-electron chi connectivity index (χ4n) is 2.73. The minimum Gasteiger partial charge on any atom is -0.392 e. The summed E-state index contributed by atoms with van der Waals surface area (Å²) in [5.74, 6) is 0. The van der Waals surface area contributed by atoms with Crippen molar-refractivity contribution in [2.24, 2.45) is 0 Å². The lowest BCUT2D eigenvalue weighted by Gasteiger charge is -2.28. The van der Waals surface area contributed by atoms with E-state index in [0.717, 1.165) is 24.3 Å². The number of hydrogen-bond acceptors (Lipinski definition) is 4. The molecule has 1 aliphatic heterocycles. The van der Waals surface area contributed by atoms with Crippen LogP contribution in [0.1, 0.15) is 24.0 Å². The van der Waals surface area contributed by atoms with Gasteiger partial charge in [0.25, 0.3) is 0 Å². The quantitative estimate of drug-likeness (QED) is 0.892. The number of likely N-dealkylation sites (N-methyl/N-ethyl adjacent to an activating group) is 2. The summed E-state index contributed by atoms with van der Waals surface area (Å²) < 4.78 is 0. The lowest BCUT2D eigenvalue weighted by molar-refractivity contribution is 0.282. The number of benzene rings is 1. The Hall–Kier alpha value is -1.57. The van der Waals surface area contributed by atoms with Crippen molar-refractivity contribution in [2.45, 2.75) is 25.5 Å². The summed E-state index contributed by atoms with van der Waals surface area (Å²) in [6.45, 7) is 2.07. The van der Waals surface area contributed by atoms with Gasteiger partial charge in [0, 0.05) is 19.6 Å². The Morgan fingerprint density at radius 1 is 1.53 bits per heavy atom. The first-order valence-corrected chi connectivity index (χ1v) is 6.71. The molecule has 0 aromatic heterocycles. The van der Waals surface area contributed by atoms with E-state index in [0.29, 0.717) is 11.6 Å². The highest BCUT2D eigenvalue weighted by molar-refractivity contribution is 5.60.